The molecule has 9 aliphatic rings. The number of rotatable bonds is 7. The summed E-state index contributed by atoms with van der Waals surface area (Å²) in [7, 11) is 0. The van der Waals surface area contributed by atoms with Crippen molar-refractivity contribution in [3.05, 3.63) is 12.2 Å². The zero-order chi connectivity index (χ0) is 46.4. The number of hydrogen-bond donors (Lipinski definition) is 9. The van der Waals surface area contributed by atoms with Crippen molar-refractivity contribution in [3.8, 4) is 0 Å². The predicted molar refractivity (Wildman–Crippen MR) is 227 cm³/mol. The summed E-state index contributed by atoms with van der Waals surface area (Å²) in [5.41, 5.74) is -1.68. The molecule has 64 heavy (non-hydrogen) atoms. The van der Waals surface area contributed by atoms with Crippen molar-refractivity contribution in [2.24, 2.45) is 56.7 Å². The number of hydrogen-bond acceptors (Lipinski definition) is 16. The molecular weight excluding hydrogens is 833 g/mol. The van der Waals surface area contributed by atoms with Gasteiger partial charge in [0.25, 0.3) is 0 Å². The van der Waals surface area contributed by atoms with Crippen LogP contribution in [0.3, 0.4) is 0 Å². The maximum atomic E-state index is 12.3. The van der Waals surface area contributed by atoms with E-state index in [9.17, 15) is 46.0 Å². The van der Waals surface area contributed by atoms with Gasteiger partial charge in [-0.05, 0) is 98.7 Å². The molecule has 1 spiro atoms. The van der Waals surface area contributed by atoms with E-state index in [2.05, 4.69) is 60.6 Å². The lowest BCUT2D eigenvalue weighted by Gasteiger charge is -2.73. The topological polar surface area (TPSA) is 247 Å². The van der Waals surface area contributed by atoms with Crippen molar-refractivity contribution in [1.82, 2.24) is 0 Å². The quantitative estimate of drug-likeness (QED) is 0.130. The Hall–Kier alpha value is -0.900. The van der Waals surface area contributed by atoms with Crippen LogP contribution in [0, 0.1) is 56.7 Å². The first-order chi connectivity index (χ1) is 29.9. The highest BCUT2D eigenvalue weighted by Crippen LogP contribution is 2.79. The fraction of sp³-hybridized carbons (Fsp3) is 0.958. The first-order valence-electron chi connectivity index (χ1n) is 24.3. The smallest absolute Gasteiger partial charge is 0.187 e. The summed E-state index contributed by atoms with van der Waals surface area (Å²) in [5, 5.41) is 98.9. The van der Waals surface area contributed by atoms with Gasteiger partial charge >= 0.3 is 0 Å². The minimum Gasteiger partial charge on any atom is -0.394 e. The molecule has 9 N–H and O–H groups in total. The summed E-state index contributed by atoms with van der Waals surface area (Å²) in [6.45, 7) is 19.5. The molecule has 4 aliphatic heterocycles. The van der Waals surface area contributed by atoms with Gasteiger partial charge in [-0.15, -0.1) is 0 Å². The Morgan fingerprint density at radius 1 is 0.641 bits per heavy atom. The molecule has 2 bridgehead atoms. The molecule has 9 rings (SSSR count). The second-order valence-electron chi connectivity index (χ2n) is 23.3. The lowest BCUT2D eigenvalue weighted by molar-refractivity contribution is -0.396. The number of ether oxygens (including phenoxy) is 7. The largest absolute Gasteiger partial charge is 0.394 e. The van der Waals surface area contributed by atoms with Crippen LogP contribution in [0.25, 0.3) is 0 Å². The lowest BCUT2D eigenvalue weighted by Crippen LogP contribution is -2.73. The van der Waals surface area contributed by atoms with E-state index in [1.54, 1.807) is 6.92 Å². The van der Waals surface area contributed by atoms with E-state index < -0.39 is 122 Å². The van der Waals surface area contributed by atoms with Crippen LogP contribution in [0.2, 0.25) is 0 Å². The van der Waals surface area contributed by atoms with Gasteiger partial charge in [-0.2, -0.15) is 0 Å². The zero-order valence-electron chi connectivity index (χ0n) is 39.1. The van der Waals surface area contributed by atoms with Crippen molar-refractivity contribution < 1.29 is 79.1 Å². The summed E-state index contributed by atoms with van der Waals surface area (Å²) in [4.78, 5) is 0. The van der Waals surface area contributed by atoms with Crippen molar-refractivity contribution in [2.75, 3.05) is 13.2 Å². The Morgan fingerprint density at radius 2 is 1.25 bits per heavy atom. The van der Waals surface area contributed by atoms with E-state index in [1.807, 2.05) is 0 Å². The maximum absolute atomic E-state index is 12.3. The summed E-state index contributed by atoms with van der Waals surface area (Å²) in [5.74, 6) is 1.63. The Kier molecular flexibility index (Phi) is 12.3. The van der Waals surface area contributed by atoms with Crippen LogP contribution in [0.5, 0.6) is 0 Å². The zero-order valence-corrected chi connectivity index (χ0v) is 39.1. The number of aliphatic hydroxyl groups is 9. The Balaban J connectivity index is 0.979. The molecule has 27 atom stereocenters. The third-order valence-corrected chi connectivity index (χ3v) is 20.2. The first-order valence-corrected chi connectivity index (χ1v) is 24.3. The highest BCUT2D eigenvalue weighted by atomic mass is 16.8. The van der Waals surface area contributed by atoms with Crippen LogP contribution in [-0.4, -0.2) is 169 Å². The molecule has 4 saturated heterocycles. The molecule has 5 aliphatic carbocycles. The Morgan fingerprint density at radius 3 is 1.92 bits per heavy atom. The molecule has 0 amide bonds. The molecule has 4 heterocycles. The third kappa shape index (κ3) is 6.58. The molecule has 8 fully saturated rings. The van der Waals surface area contributed by atoms with Crippen LogP contribution in [0.15, 0.2) is 12.2 Å². The molecule has 0 radical (unpaired) electrons. The molecule has 0 aromatic carbocycles. The van der Waals surface area contributed by atoms with E-state index in [0.717, 1.165) is 32.1 Å². The van der Waals surface area contributed by atoms with Gasteiger partial charge in [-0.1, -0.05) is 60.6 Å². The van der Waals surface area contributed by atoms with E-state index in [1.165, 1.54) is 6.92 Å². The van der Waals surface area contributed by atoms with E-state index >= 15 is 0 Å². The fourth-order valence-corrected chi connectivity index (χ4v) is 16.0. The van der Waals surface area contributed by atoms with Crippen molar-refractivity contribution in [1.29, 1.82) is 0 Å². The van der Waals surface area contributed by atoms with E-state index in [4.69, 9.17) is 33.2 Å². The SMILES string of the molecule is CC1OC(OC2C(OC3C(O[C@H]4CC[C@]5(C)C6C=C[C@]78OC[C@@]9(CC[C@@H](C)[C@H](C)C97)[C@H](O)C[C@@]8(C)[C@]6(C)CC[C@H]5C4(C)C)OC(C)C(O)C3O)OC(CO)C(O)C2O)C(O)C(O)C1O. The van der Waals surface area contributed by atoms with Crippen LogP contribution in [-0.2, 0) is 33.2 Å². The molecule has 0 aromatic heterocycles. The highest BCUT2D eigenvalue weighted by Gasteiger charge is 2.79. The number of allylic oxidation sites excluding steroid dienone is 1. The van der Waals surface area contributed by atoms with Crippen molar-refractivity contribution in [2.45, 2.75) is 217 Å². The number of aliphatic hydroxyl groups excluding tert-OH is 9. The predicted octanol–water partition coefficient (Wildman–Crippen LogP) is 1.51. The second kappa shape index (κ2) is 16.3. The molecule has 0 aromatic rings. The van der Waals surface area contributed by atoms with Gasteiger partial charge in [0.05, 0.1) is 43.2 Å². The van der Waals surface area contributed by atoms with Crippen LogP contribution in [0.1, 0.15) is 107 Å². The molecule has 16 heteroatoms. The molecular formula is C48H78O16. The van der Waals surface area contributed by atoms with Gasteiger partial charge < -0.3 is 79.1 Å². The van der Waals surface area contributed by atoms with Crippen molar-refractivity contribution >= 4 is 0 Å². The molecule has 4 saturated carbocycles. The molecule has 366 valence electrons. The van der Waals surface area contributed by atoms with Crippen LogP contribution < -0.4 is 0 Å². The van der Waals surface area contributed by atoms with Crippen LogP contribution in [0.4, 0.5) is 0 Å². The van der Waals surface area contributed by atoms with E-state index in [0.29, 0.717) is 31.3 Å². The summed E-state index contributed by atoms with van der Waals surface area (Å²) >= 11 is 0. The molecule has 16 nitrogen and oxygen atoms in total. The van der Waals surface area contributed by atoms with Crippen molar-refractivity contribution in [3.63, 3.8) is 0 Å². The van der Waals surface area contributed by atoms with Gasteiger partial charge in [0.1, 0.15) is 61.0 Å². The lowest BCUT2D eigenvalue weighted by atomic mass is 9.31. The number of fused-ring (bicyclic) bond motifs is 4. The summed E-state index contributed by atoms with van der Waals surface area (Å²) in [6, 6.07) is 0. The van der Waals surface area contributed by atoms with Gasteiger partial charge in [-0.3, -0.25) is 0 Å². The first kappa shape index (κ1) is 48.1. The second-order valence-corrected chi connectivity index (χ2v) is 23.3. The fourth-order valence-electron chi connectivity index (χ4n) is 16.0. The summed E-state index contributed by atoms with van der Waals surface area (Å²) in [6.07, 6.45) is -11.9. The molecule has 17 unspecified atom stereocenters. The third-order valence-electron chi connectivity index (χ3n) is 20.2. The van der Waals surface area contributed by atoms with Gasteiger partial charge in [0, 0.05) is 16.7 Å². The average Bonchev–Trinajstić information content (AvgIpc) is 3.55. The Labute approximate surface area is 377 Å². The van der Waals surface area contributed by atoms with E-state index in [-0.39, 0.29) is 39.4 Å². The maximum Gasteiger partial charge on any atom is 0.187 e. The average molecular weight is 911 g/mol. The van der Waals surface area contributed by atoms with Gasteiger partial charge in [0.15, 0.2) is 18.9 Å². The Bertz CT molecular complexity index is 1750. The summed E-state index contributed by atoms with van der Waals surface area (Å²) < 4.78 is 44.3. The minimum absolute atomic E-state index is 0.142. The highest BCUT2D eigenvalue weighted by molar-refractivity contribution is 5.36. The normalized spacial score (nSPS) is 60.2. The minimum atomic E-state index is -1.79. The van der Waals surface area contributed by atoms with Gasteiger partial charge in [0.2, 0.25) is 0 Å². The van der Waals surface area contributed by atoms with Gasteiger partial charge in [-0.25, -0.2) is 0 Å². The standard InChI is InChI=1S/C48H78O16/c1-21-10-16-47-20-58-48(39(47)22(21)2)17-12-27-44(7)14-13-29(43(5,6)26(44)11-15-45(27,8)46(48,9)18-28(47)50)62-41-37(34(55)31(52)24(4)60-41)64-42-38(35(56)32(53)25(19-49)61-42)63-40-36(57)33(54)30(51)23(3)59-40/h12,17,21-42,49-57H,10-11,13-16,18-20H2,1-9H3/t21-,22+,23?,24?,25?,26+,27?,28-,29+,30?,31?,32?,33?,34?,35?,36?,37?,38?,39?,40?,41?,42?,44+,45-,46+,47+,48+/m1/s1. The monoisotopic (exact) mass is 911 g/mol. The van der Waals surface area contributed by atoms with Crippen LogP contribution >= 0.6 is 0 Å².